The summed E-state index contributed by atoms with van der Waals surface area (Å²) < 4.78 is 9.16. The maximum atomic E-state index is 10.5. The molecule has 0 aliphatic heterocycles. The Hall–Kier alpha value is -0.810. The maximum Gasteiger partial charge on any atom is 0.514 e. The molecule has 0 radical (unpaired) electrons. The van der Waals surface area contributed by atoms with Crippen LogP contribution in [-0.4, -0.2) is 18.2 Å². The van der Waals surface area contributed by atoms with E-state index in [1.165, 1.54) is 13.3 Å². The molecule has 0 saturated carbocycles. The average molecular weight is 194 g/mol. The van der Waals surface area contributed by atoms with Crippen molar-refractivity contribution in [2.24, 2.45) is 0 Å². The van der Waals surface area contributed by atoms with Crippen LogP contribution in [0.3, 0.4) is 0 Å². The number of methoxy groups -OCH3 is 1. The first-order valence-corrected chi connectivity index (χ1v) is 3.79. The summed E-state index contributed by atoms with van der Waals surface area (Å²) in [6.07, 6.45) is 0.578. The van der Waals surface area contributed by atoms with Gasteiger partial charge in [-0.3, -0.25) is 0 Å². The van der Waals surface area contributed by atoms with E-state index in [0.717, 1.165) is 11.3 Å². The Kier molecular flexibility index (Phi) is 2.67. The third-order valence-corrected chi connectivity index (χ3v) is 1.80. The molecular formula is C5H4ClNO3S. The number of carbonyl (C=O) groups excluding carboxylic acids is 1. The Bertz CT molecular complexity index is 262. The number of thiazole rings is 1. The minimum atomic E-state index is -0.773. The van der Waals surface area contributed by atoms with Gasteiger partial charge in [-0.2, -0.15) is 0 Å². The second-order valence-corrected chi connectivity index (χ2v) is 3.06. The number of ether oxygens (including phenoxy) is 2. The zero-order valence-corrected chi connectivity index (χ0v) is 7.11. The summed E-state index contributed by atoms with van der Waals surface area (Å²) in [6.45, 7) is 0. The van der Waals surface area contributed by atoms with Crippen LogP contribution < -0.4 is 4.74 Å². The minimum absolute atomic E-state index is 0.321. The number of halogens is 1. The van der Waals surface area contributed by atoms with Gasteiger partial charge >= 0.3 is 6.16 Å². The summed E-state index contributed by atoms with van der Waals surface area (Å²) in [5, 5.41) is 0.321. The van der Waals surface area contributed by atoms with Crippen LogP contribution in [0, 0.1) is 0 Å². The number of hydrogen-bond donors (Lipinski definition) is 0. The van der Waals surface area contributed by atoms with Gasteiger partial charge in [-0.25, -0.2) is 9.78 Å². The summed E-state index contributed by atoms with van der Waals surface area (Å²) in [5.41, 5.74) is 0. The highest BCUT2D eigenvalue weighted by Gasteiger charge is 2.06. The third-order valence-electron chi connectivity index (χ3n) is 0.807. The summed E-state index contributed by atoms with van der Waals surface area (Å²) in [7, 11) is 1.23. The molecule has 0 unspecified atom stereocenters. The lowest BCUT2D eigenvalue weighted by molar-refractivity contribution is 0.123. The average Bonchev–Trinajstić information content (AvgIpc) is 2.35. The van der Waals surface area contributed by atoms with Gasteiger partial charge in [0.15, 0.2) is 4.47 Å². The van der Waals surface area contributed by atoms with Crippen molar-refractivity contribution >= 4 is 29.1 Å². The van der Waals surface area contributed by atoms with E-state index in [-0.39, 0.29) is 0 Å². The minimum Gasteiger partial charge on any atom is -0.437 e. The molecule has 0 atom stereocenters. The number of carbonyl (C=O) groups is 1. The van der Waals surface area contributed by atoms with Crippen LogP contribution in [0.4, 0.5) is 4.79 Å². The zero-order valence-electron chi connectivity index (χ0n) is 5.54. The van der Waals surface area contributed by atoms with Crippen molar-refractivity contribution in [3.05, 3.63) is 10.7 Å². The lowest BCUT2D eigenvalue weighted by Gasteiger charge is -1.95. The molecule has 1 aromatic heterocycles. The smallest absolute Gasteiger partial charge is 0.437 e. The van der Waals surface area contributed by atoms with Gasteiger partial charge in [0, 0.05) is 0 Å². The quantitative estimate of drug-likeness (QED) is 0.640. The predicted molar refractivity (Wildman–Crippen MR) is 40.2 cm³/mol. The molecule has 1 rings (SSSR count). The fourth-order valence-electron chi connectivity index (χ4n) is 0.410. The van der Waals surface area contributed by atoms with Gasteiger partial charge in [0.25, 0.3) is 0 Å². The largest absolute Gasteiger partial charge is 0.514 e. The SMILES string of the molecule is COC(=O)Oc1cnc(Cl)s1. The second-order valence-electron chi connectivity index (χ2n) is 1.49. The van der Waals surface area contributed by atoms with Gasteiger partial charge in [-0.15, -0.1) is 0 Å². The highest BCUT2D eigenvalue weighted by atomic mass is 35.5. The first-order chi connectivity index (χ1) is 5.22. The highest BCUT2D eigenvalue weighted by molar-refractivity contribution is 7.17. The standard InChI is InChI=1S/C5H4ClNO3S/c1-9-5(8)10-3-2-7-4(6)11-3/h2H,1H3. The Morgan fingerprint density at radius 3 is 3.00 bits per heavy atom. The van der Waals surface area contributed by atoms with Crippen molar-refractivity contribution in [2.75, 3.05) is 7.11 Å². The van der Waals surface area contributed by atoms with Gasteiger partial charge in [0.2, 0.25) is 5.06 Å². The van der Waals surface area contributed by atoms with Crippen molar-refractivity contribution in [1.29, 1.82) is 0 Å². The van der Waals surface area contributed by atoms with Crippen LogP contribution >= 0.6 is 22.9 Å². The molecule has 0 spiro atoms. The fourth-order valence-corrected chi connectivity index (χ4v) is 1.17. The molecule has 0 fully saturated rings. The van der Waals surface area contributed by atoms with Crippen molar-refractivity contribution in [3.63, 3.8) is 0 Å². The lowest BCUT2D eigenvalue weighted by Crippen LogP contribution is -2.05. The molecule has 60 valence electrons. The molecular weight excluding hydrogens is 190 g/mol. The van der Waals surface area contributed by atoms with Gasteiger partial charge in [0.05, 0.1) is 13.3 Å². The number of hydrogen-bond acceptors (Lipinski definition) is 5. The van der Waals surface area contributed by atoms with E-state index in [1.807, 2.05) is 0 Å². The van der Waals surface area contributed by atoms with E-state index in [0.29, 0.717) is 9.53 Å². The van der Waals surface area contributed by atoms with Gasteiger partial charge in [-0.1, -0.05) is 22.9 Å². The van der Waals surface area contributed by atoms with Gasteiger partial charge in [0.1, 0.15) is 0 Å². The van der Waals surface area contributed by atoms with Crippen LogP contribution in [0.5, 0.6) is 5.06 Å². The van der Waals surface area contributed by atoms with Crippen molar-refractivity contribution < 1.29 is 14.3 Å². The molecule has 0 aliphatic rings. The molecule has 1 heterocycles. The molecule has 1 aromatic rings. The van der Waals surface area contributed by atoms with E-state index in [9.17, 15) is 4.79 Å². The maximum absolute atomic E-state index is 10.5. The molecule has 6 heteroatoms. The summed E-state index contributed by atoms with van der Waals surface area (Å²) >= 11 is 6.53. The van der Waals surface area contributed by atoms with Gasteiger partial charge in [-0.05, 0) is 0 Å². The van der Waals surface area contributed by atoms with E-state index < -0.39 is 6.16 Å². The molecule has 4 nitrogen and oxygen atoms in total. The van der Waals surface area contributed by atoms with Crippen LogP contribution in [0.2, 0.25) is 4.47 Å². The Balaban J connectivity index is 2.57. The van der Waals surface area contributed by atoms with Gasteiger partial charge < -0.3 is 9.47 Å². The van der Waals surface area contributed by atoms with E-state index in [4.69, 9.17) is 11.6 Å². The zero-order chi connectivity index (χ0) is 8.27. The molecule has 0 saturated heterocycles. The van der Waals surface area contributed by atoms with Crippen LogP contribution in [-0.2, 0) is 4.74 Å². The van der Waals surface area contributed by atoms with E-state index >= 15 is 0 Å². The number of aromatic nitrogens is 1. The Morgan fingerprint density at radius 1 is 1.82 bits per heavy atom. The fraction of sp³-hybridized carbons (Fsp3) is 0.200. The summed E-state index contributed by atoms with van der Waals surface area (Å²) in [4.78, 5) is 14.1. The van der Waals surface area contributed by atoms with Crippen LogP contribution in [0.25, 0.3) is 0 Å². The van der Waals surface area contributed by atoms with Crippen LogP contribution in [0.15, 0.2) is 6.20 Å². The number of rotatable bonds is 1. The predicted octanol–water partition coefficient (Wildman–Crippen LogP) is 1.94. The molecule has 0 amide bonds. The highest BCUT2D eigenvalue weighted by Crippen LogP contribution is 2.25. The van der Waals surface area contributed by atoms with Crippen LogP contribution in [0.1, 0.15) is 0 Å². The molecule has 0 N–H and O–H groups in total. The first kappa shape index (κ1) is 8.29. The monoisotopic (exact) mass is 193 g/mol. The van der Waals surface area contributed by atoms with E-state index in [2.05, 4.69) is 14.5 Å². The first-order valence-electron chi connectivity index (χ1n) is 2.59. The second kappa shape index (κ2) is 3.54. The third kappa shape index (κ3) is 2.36. The Labute approximate surface area is 71.7 Å². The molecule has 11 heavy (non-hydrogen) atoms. The Morgan fingerprint density at radius 2 is 2.55 bits per heavy atom. The van der Waals surface area contributed by atoms with E-state index in [1.54, 1.807) is 0 Å². The summed E-state index contributed by atoms with van der Waals surface area (Å²) in [6, 6.07) is 0. The lowest BCUT2D eigenvalue weighted by atomic mass is 10.9. The topological polar surface area (TPSA) is 48.4 Å². The normalized spacial score (nSPS) is 9.27. The molecule has 0 aliphatic carbocycles. The van der Waals surface area contributed by atoms with Crippen molar-refractivity contribution in [3.8, 4) is 5.06 Å². The van der Waals surface area contributed by atoms with Crippen molar-refractivity contribution in [2.45, 2.75) is 0 Å². The molecule has 0 bridgehead atoms. The number of nitrogens with zero attached hydrogens (tertiary/aromatic N) is 1. The molecule has 0 aromatic carbocycles. The van der Waals surface area contributed by atoms with Crippen molar-refractivity contribution in [1.82, 2.24) is 4.98 Å². The summed E-state index contributed by atoms with van der Waals surface area (Å²) in [5.74, 6) is 0.